The third-order valence-corrected chi connectivity index (χ3v) is 4.03. The Kier molecular flexibility index (Phi) is 5.12. The number of hydrogen-bond donors (Lipinski definition) is 1. The number of amides is 1. The number of nitrogens with one attached hydrogen (secondary N) is 1. The summed E-state index contributed by atoms with van der Waals surface area (Å²) in [5, 5.41) is 13.4. The second-order valence-electron chi connectivity index (χ2n) is 7.11. The van der Waals surface area contributed by atoms with Crippen molar-refractivity contribution in [2.45, 2.75) is 26.2 Å². The van der Waals surface area contributed by atoms with E-state index in [1.54, 1.807) is 6.08 Å². The largest absolute Gasteiger partial charge is 0.320 e. The number of nitrogens with zero attached hydrogens (tertiary/aromatic N) is 4. The van der Waals surface area contributed by atoms with Crippen molar-refractivity contribution in [1.29, 1.82) is 0 Å². The molecule has 0 saturated carbocycles. The van der Waals surface area contributed by atoms with Gasteiger partial charge in [-0.25, -0.2) is 9.07 Å². The number of benzene rings is 2. The van der Waals surface area contributed by atoms with E-state index in [-0.39, 0.29) is 11.1 Å². The monoisotopic (exact) mass is 365 g/mol. The Morgan fingerprint density at radius 2 is 1.89 bits per heavy atom. The number of rotatable bonds is 4. The number of tetrazole rings is 1. The van der Waals surface area contributed by atoms with Crippen LogP contribution in [0.4, 0.5) is 10.1 Å². The van der Waals surface area contributed by atoms with Crippen molar-refractivity contribution in [3.8, 4) is 5.69 Å². The molecule has 1 heterocycles. The average molecular weight is 365 g/mol. The molecule has 0 unspecified atom stereocenters. The number of aromatic nitrogens is 4. The fourth-order valence-electron chi connectivity index (χ4n) is 2.47. The van der Waals surface area contributed by atoms with Gasteiger partial charge >= 0.3 is 0 Å². The lowest BCUT2D eigenvalue weighted by molar-refractivity contribution is -0.111. The number of carbonyl (C=O) groups is 1. The average Bonchev–Trinajstić information content (AvgIpc) is 3.16. The summed E-state index contributed by atoms with van der Waals surface area (Å²) in [7, 11) is 0. The molecule has 2 aromatic carbocycles. The minimum atomic E-state index is -0.539. The van der Waals surface area contributed by atoms with E-state index in [2.05, 4.69) is 41.6 Å². The van der Waals surface area contributed by atoms with Crippen LogP contribution in [0.5, 0.6) is 0 Å². The molecule has 0 saturated heterocycles. The van der Waals surface area contributed by atoms with Gasteiger partial charge in [-0.3, -0.25) is 4.79 Å². The van der Waals surface area contributed by atoms with Crippen molar-refractivity contribution >= 4 is 17.7 Å². The predicted molar refractivity (Wildman–Crippen MR) is 102 cm³/mol. The summed E-state index contributed by atoms with van der Waals surface area (Å²) < 4.78 is 15.4. The van der Waals surface area contributed by atoms with E-state index < -0.39 is 11.7 Å². The zero-order chi connectivity index (χ0) is 19.4. The summed E-state index contributed by atoms with van der Waals surface area (Å²) in [5.41, 5.74) is 2.77. The van der Waals surface area contributed by atoms with Crippen LogP contribution in [0.3, 0.4) is 0 Å². The summed E-state index contributed by atoms with van der Waals surface area (Å²) in [6.45, 7) is 6.43. The fourth-order valence-corrected chi connectivity index (χ4v) is 2.47. The van der Waals surface area contributed by atoms with Crippen LogP contribution < -0.4 is 5.32 Å². The first-order valence-corrected chi connectivity index (χ1v) is 8.45. The number of carbonyl (C=O) groups excluding carboxylic acids is 1. The van der Waals surface area contributed by atoms with Crippen LogP contribution >= 0.6 is 0 Å². The van der Waals surface area contributed by atoms with Gasteiger partial charge in [0.2, 0.25) is 5.91 Å². The molecule has 27 heavy (non-hydrogen) atoms. The van der Waals surface area contributed by atoms with Crippen molar-refractivity contribution in [3.05, 3.63) is 71.8 Å². The maximum absolute atomic E-state index is 14.0. The summed E-state index contributed by atoms with van der Waals surface area (Å²) in [6, 6.07) is 12.2. The second-order valence-corrected chi connectivity index (χ2v) is 7.11. The first kappa shape index (κ1) is 18.4. The van der Waals surface area contributed by atoms with Gasteiger partial charge in [0.25, 0.3) is 0 Å². The molecule has 0 fully saturated rings. The van der Waals surface area contributed by atoms with Crippen molar-refractivity contribution in [2.24, 2.45) is 0 Å². The van der Waals surface area contributed by atoms with Crippen LogP contribution in [0.25, 0.3) is 11.8 Å². The highest BCUT2D eigenvalue weighted by molar-refractivity contribution is 6.02. The molecular formula is C20H20FN5O. The summed E-state index contributed by atoms with van der Waals surface area (Å²) in [4.78, 5) is 12.2. The van der Waals surface area contributed by atoms with Gasteiger partial charge in [-0.1, -0.05) is 45.0 Å². The molecule has 1 N–H and O–H groups in total. The summed E-state index contributed by atoms with van der Waals surface area (Å²) >= 11 is 0. The Morgan fingerprint density at radius 1 is 1.15 bits per heavy atom. The summed E-state index contributed by atoms with van der Waals surface area (Å²) in [6.07, 6.45) is 4.44. The molecule has 1 amide bonds. The molecule has 0 atom stereocenters. The molecule has 0 spiro atoms. The van der Waals surface area contributed by atoms with Crippen molar-refractivity contribution < 1.29 is 9.18 Å². The highest BCUT2D eigenvalue weighted by Gasteiger charge is 2.12. The maximum Gasteiger partial charge on any atom is 0.248 e. The van der Waals surface area contributed by atoms with Gasteiger partial charge in [-0.2, -0.15) is 0 Å². The lowest BCUT2D eigenvalue weighted by Crippen LogP contribution is -2.11. The standard InChI is InChI=1S/C20H20FN5O/c1-20(2,3)15-7-4-14(5-8-15)6-11-19(27)23-18-12-16(9-10-17(18)21)26-13-22-24-25-26/h4-13H,1-3H3,(H,23,27). The third-order valence-electron chi connectivity index (χ3n) is 4.03. The molecule has 138 valence electrons. The molecule has 0 radical (unpaired) electrons. The topological polar surface area (TPSA) is 72.7 Å². The van der Waals surface area contributed by atoms with Crippen molar-refractivity contribution in [3.63, 3.8) is 0 Å². The molecule has 3 aromatic rings. The first-order valence-electron chi connectivity index (χ1n) is 8.45. The zero-order valence-electron chi connectivity index (χ0n) is 15.3. The maximum atomic E-state index is 14.0. The Labute approximate surface area is 156 Å². The fraction of sp³-hybridized carbons (Fsp3) is 0.200. The predicted octanol–water partition coefficient (Wildman–Crippen LogP) is 3.75. The van der Waals surface area contributed by atoms with Crippen LogP contribution in [-0.4, -0.2) is 26.1 Å². The first-order chi connectivity index (χ1) is 12.8. The molecule has 1 aromatic heterocycles. The van der Waals surface area contributed by atoms with Crippen LogP contribution in [0.15, 0.2) is 54.9 Å². The lowest BCUT2D eigenvalue weighted by atomic mass is 9.87. The van der Waals surface area contributed by atoms with E-state index in [4.69, 9.17) is 0 Å². The van der Waals surface area contributed by atoms with E-state index in [0.29, 0.717) is 5.69 Å². The van der Waals surface area contributed by atoms with Gasteiger partial charge in [0.05, 0.1) is 11.4 Å². The molecule has 6 nitrogen and oxygen atoms in total. The lowest BCUT2D eigenvalue weighted by Gasteiger charge is -2.18. The van der Waals surface area contributed by atoms with Crippen molar-refractivity contribution in [2.75, 3.05) is 5.32 Å². The van der Waals surface area contributed by atoms with Crippen molar-refractivity contribution in [1.82, 2.24) is 20.2 Å². The van der Waals surface area contributed by atoms with Crippen LogP contribution in [0.1, 0.15) is 31.9 Å². The molecule has 7 heteroatoms. The molecule has 0 bridgehead atoms. The molecular weight excluding hydrogens is 345 g/mol. The van der Waals surface area contributed by atoms with Gasteiger partial charge in [-0.05, 0) is 51.2 Å². The SMILES string of the molecule is CC(C)(C)c1ccc(C=CC(=O)Nc2cc(-n3cnnn3)ccc2F)cc1. The van der Waals surface area contributed by atoms with Gasteiger partial charge < -0.3 is 5.32 Å². The highest BCUT2D eigenvalue weighted by Crippen LogP contribution is 2.22. The Bertz CT molecular complexity index is 957. The number of halogens is 1. The van der Waals surface area contributed by atoms with Crippen LogP contribution in [-0.2, 0) is 10.2 Å². The normalized spacial score (nSPS) is 11.7. The Balaban J connectivity index is 1.70. The Morgan fingerprint density at radius 3 is 2.52 bits per heavy atom. The highest BCUT2D eigenvalue weighted by atomic mass is 19.1. The van der Waals surface area contributed by atoms with E-state index in [1.165, 1.54) is 40.8 Å². The Hall–Kier alpha value is -3.35. The number of hydrogen-bond acceptors (Lipinski definition) is 4. The molecule has 3 rings (SSSR count). The van der Waals surface area contributed by atoms with E-state index in [1.807, 2.05) is 24.3 Å². The second kappa shape index (κ2) is 7.49. The minimum Gasteiger partial charge on any atom is -0.320 e. The van der Waals surface area contributed by atoms with E-state index in [9.17, 15) is 9.18 Å². The molecule has 0 aliphatic rings. The zero-order valence-corrected chi connectivity index (χ0v) is 15.3. The molecule has 0 aliphatic heterocycles. The van der Waals surface area contributed by atoms with Gasteiger partial charge in [0.1, 0.15) is 12.1 Å². The van der Waals surface area contributed by atoms with Crippen LogP contribution in [0.2, 0.25) is 0 Å². The van der Waals surface area contributed by atoms with Gasteiger partial charge in [0.15, 0.2) is 0 Å². The molecule has 0 aliphatic carbocycles. The minimum absolute atomic E-state index is 0.0562. The summed E-state index contributed by atoms with van der Waals surface area (Å²) in [5.74, 6) is -0.967. The van der Waals surface area contributed by atoms with Gasteiger partial charge in [0, 0.05) is 6.08 Å². The smallest absolute Gasteiger partial charge is 0.248 e. The van der Waals surface area contributed by atoms with Gasteiger partial charge in [-0.15, -0.1) is 5.10 Å². The quantitative estimate of drug-likeness (QED) is 0.715. The van der Waals surface area contributed by atoms with E-state index in [0.717, 1.165) is 5.56 Å². The van der Waals surface area contributed by atoms with Crippen LogP contribution in [0, 0.1) is 5.82 Å². The number of anilines is 1. The third kappa shape index (κ3) is 4.63. The van der Waals surface area contributed by atoms with E-state index >= 15 is 0 Å².